The van der Waals surface area contributed by atoms with Gasteiger partial charge in [-0.25, -0.2) is 5.43 Å². The van der Waals surface area contributed by atoms with Gasteiger partial charge < -0.3 is 10.1 Å². The van der Waals surface area contributed by atoms with Crippen molar-refractivity contribution in [2.24, 2.45) is 5.10 Å². The van der Waals surface area contributed by atoms with Crippen LogP contribution in [0.2, 0.25) is 0 Å². The van der Waals surface area contributed by atoms with E-state index < -0.39 is 0 Å². The van der Waals surface area contributed by atoms with Crippen LogP contribution >= 0.6 is 0 Å². The predicted molar refractivity (Wildman–Crippen MR) is 107 cm³/mol. The first kappa shape index (κ1) is 20.2. The van der Waals surface area contributed by atoms with Gasteiger partial charge in [0.2, 0.25) is 11.8 Å². The van der Waals surface area contributed by atoms with Crippen molar-refractivity contribution >= 4 is 23.7 Å². The second-order valence-electron chi connectivity index (χ2n) is 6.41. The third kappa shape index (κ3) is 7.32. The third-order valence-corrected chi connectivity index (χ3v) is 3.59. The lowest BCUT2D eigenvalue weighted by Crippen LogP contribution is -2.20. The first-order valence-electron chi connectivity index (χ1n) is 8.88. The molecule has 2 N–H and O–H groups in total. The number of rotatable bonds is 8. The molecular weight excluding hydrogens is 342 g/mol. The molecule has 0 aliphatic rings. The van der Waals surface area contributed by atoms with Crippen LogP contribution in [0.5, 0.6) is 5.75 Å². The minimum atomic E-state index is -0.326. The fourth-order valence-corrected chi connectivity index (χ4v) is 2.27. The molecule has 2 aromatic carbocycles. The van der Waals surface area contributed by atoms with Crippen molar-refractivity contribution in [2.45, 2.75) is 39.7 Å². The standard InChI is InChI=1S/C21H25N3O3/c1-15(2)27-19-7-5-4-6-17(19)14-22-24-21(26)13-12-20(25)23-18-10-8-16(3)9-11-18/h4-11,14-15H,12-13H2,1-3H3,(H,23,25)(H,24,26). The Morgan fingerprint density at radius 1 is 1.04 bits per heavy atom. The molecule has 0 saturated carbocycles. The van der Waals surface area contributed by atoms with Gasteiger partial charge in [0.15, 0.2) is 0 Å². The van der Waals surface area contributed by atoms with Gasteiger partial charge in [-0.2, -0.15) is 5.10 Å². The molecule has 2 amide bonds. The summed E-state index contributed by atoms with van der Waals surface area (Å²) in [4.78, 5) is 23.8. The summed E-state index contributed by atoms with van der Waals surface area (Å²) >= 11 is 0. The Labute approximate surface area is 159 Å². The SMILES string of the molecule is Cc1ccc(NC(=O)CCC(=O)NN=Cc2ccccc2OC(C)C)cc1. The predicted octanol–water partition coefficient (Wildman–Crippen LogP) is 3.65. The molecule has 142 valence electrons. The van der Waals surface area contributed by atoms with E-state index in [4.69, 9.17) is 4.74 Å². The molecule has 0 radical (unpaired) electrons. The van der Waals surface area contributed by atoms with Crippen LogP contribution in [-0.2, 0) is 9.59 Å². The largest absolute Gasteiger partial charge is 0.490 e. The Hall–Kier alpha value is -3.15. The van der Waals surface area contributed by atoms with Crippen LogP contribution in [0.25, 0.3) is 0 Å². The van der Waals surface area contributed by atoms with Gasteiger partial charge in [0, 0.05) is 24.1 Å². The monoisotopic (exact) mass is 367 g/mol. The second-order valence-corrected chi connectivity index (χ2v) is 6.41. The second kappa shape index (κ2) is 10.1. The summed E-state index contributed by atoms with van der Waals surface area (Å²) < 4.78 is 5.69. The number of carbonyl (C=O) groups is 2. The van der Waals surface area contributed by atoms with E-state index in [0.717, 1.165) is 11.1 Å². The summed E-state index contributed by atoms with van der Waals surface area (Å²) in [6, 6.07) is 14.9. The van der Waals surface area contributed by atoms with Gasteiger partial charge >= 0.3 is 0 Å². The Morgan fingerprint density at radius 2 is 1.70 bits per heavy atom. The highest BCUT2D eigenvalue weighted by Gasteiger charge is 2.07. The lowest BCUT2D eigenvalue weighted by molar-refractivity contribution is -0.124. The fourth-order valence-electron chi connectivity index (χ4n) is 2.27. The van der Waals surface area contributed by atoms with Crippen LogP contribution in [0.15, 0.2) is 53.6 Å². The van der Waals surface area contributed by atoms with Gasteiger partial charge in [0.1, 0.15) is 5.75 Å². The minimum absolute atomic E-state index is 0.0428. The zero-order chi connectivity index (χ0) is 19.6. The molecule has 0 atom stereocenters. The number of aryl methyl sites for hydroxylation is 1. The average Bonchev–Trinajstić information content (AvgIpc) is 2.63. The Kier molecular flexibility index (Phi) is 7.55. The van der Waals surface area contributed by atoms with Crippen molar-refractivity contribution in [3.05, 3.63) is 59.7 Å². The van der Waals surface area contributed by atoms with E-state index in [9.17, 15) is 9.59 Å². The summed E-state index contributed by atoms with van der Waals surface area (Å²) in [5, 5.41) is 6.70. The fraction of sp³-hybridized carbons (Fsp3) is 0.286. The molecule has 0 fully saturated rings. The minimum Gasteiger partial charge on any atom is -0.490 e. The Bertz CT molecular complexity index is 799. The molecule has 0 aromatic heterocycles. The first-order chi connectivity index (χ1) is 12.9. The van der Waals surface area contributed by atoms with Crippen molar-refractivity contribution in [3.63, 3.8) is 0 Å². The molecule has 2 rings (SSSR count). The topological polar surface area (TPSA) is 79.8 Å². The number of hydrazone groups is 1. The summed E-state index contributed by atoms with van der Waals surface area (Å²) in [6.07, 6.45) is 1.71. The Balaban J connectivity index is 1.78. The number of para-hydroxylation sites is 1. The molecule has 0 heterocycles. The number of hydrogen-bond acceptors (Lipinski definition) is 4. The van der Waals surface area contributed by atoms with Gasteiger partial charge in [-0.05, 0) is 45.0 Å². The molecule has 6 nitrogen and oxygen atoms in total. The van der Waals surface area contributed by atoms with Crippen LogP contribution in [0, 0.1) is 6.92 Å². The van der Waals surface area contributed by atoms with E-state index in [1.54, 1.807) is 0 Å². The molecule has 2 aromatic rings. The van der Waals surface area contributed by atoms with Crippen molar-refractivity contribution in [2.75, 3.05) is 5.32 Å². The first-order valence-corrected chi connectivity index (χ1v) is 8.88. The highest BCUT2D eigenvalue weighted by molar-refractivity contribution is 5.93. The van der Waals surface area contributed by atoms with E-state index in [1.807, 2.05) is 69.3 Å². The molecule has 0 aliphatic carbocycles. The highest BCUT2D eigenvalue weighted by Crippen LogP contribution is 2.17. The number of anilines is 1. The number of amides is 2. The van der Waals surface area contributed by atoms with Crippen LogP contribution in [-0.4, -0.2) is 24.1 Å². The molecule has 0 unspecified atom stereocenters. The van der Waals surface area contributed by atoms with Crippen molar-refractivity contribution < 1.29 is 14.3 Å². The summed E-state index contributed by atoms with van der Waals surface area (Å²) in [7, 11) is 0. The molecule has 0 spiro atoms. The number of nitrogens with zero attached hydrogens (tertiary/aromatic N) is 1. The van der Waals surface area contributed by atoms with E-state index in [1.165, 1.54) is 6.21 Å². The smallest absolute Gasteiger partial charge is 0.240 e. The third-order valence-electron chi connectivity index (χ3n) is 3.59. The molecule has 6 heteroatoms. The van der Waals surface area contributed by atoms with Crippen LogP contribution in [0.4, 0.5) is 5.69 Å². The quantitative estimate of drug-likeness (QED) is 0.552. The maximum absolute atomic E-state index is 11.9. The van der Waals surface area contributed by atoms with Gasteiger partial charge in [-0.1, -0.05) is 29.8 Å². The molecule has 0 bridgehead atoms. The van der Waals surface area contributed by atoms with E-state index >= 15 is 0 Å². The lowest BCUT2D eigenvalue weighted by atomic mass is 10.2. The number of benzene rings is 2. The van der Waals surface area contributed by atoms with Gasteiger partial charge in [0.05, 0.1) is 12.3 Å². The molecule has 0 saturated heterocycles. The van der Waals surface area contributed by atoms with Crippen molar-refractivity contribution in [3.8, 4) is 5.75 Å². The van der Waals surface area contributed by atoms with Crippen LogP contribution in [0.1, 0.15) is 37.8 Å². The lowest BCUT2D eigenvalue weighted by Gasteiger charge is -2.11. The summed E-state index contributed by atoms with van der Waals surface area (Å²) in [6.45, 7) is 5.86. The Morgan fingerprint density at radius 3 is 2.41 bits per heavy atom. The van der Waals surface area contributed by atoms with Crippen LogP contribution < -0.4 is 15.5 Å². The molecule has 0 aliphatic heterocycles. The zero-order valence-electron chi connectivity index (χ0n) is 15.9. The van der Waals surface area contributed by atoms with Crippen molar-refractivity contribution in [1.29, 1.82) is 0 Å². The number of carbonyl (C=O) groups excluding carboxylic acids is 2. The van der Waals surface area contributed by atoms with Crippen LogP contribution in [0.3, 0.4) is 0 Å². The highest BCUT2D eigenvalue weighted by atomic mass is 16.5. The number of ether oxygens (including phenoxy) is 1. The average molecular weight is 367 g/mol. The summed E-state index contributed by atoms with van der Waals surface area (Å²) in [5.41, 5.74) is 5.03. The van der Waals surface area contributed by atoms with E-state index in [-0.39, 0.29) is 30.8 Å². The van der Waals surface area contributed by atoms with E-state index in [0.29, 0.717) is 11.4 Å². The van der Waals surface area contributed by atoms with Gasteiger partial charge in [-0.15, -0.1) is 0 Å². The van der Waals surface area contributed by atoms with Gasteiger partial charge in [-0.3, -0.25) is 9.59 Å². The number of hydrogen-bond donors (Lipinski definition) is 2. The van der Waals surface area contributed by atoms with E-state index in [2.05, 4.69) is 15.8 Å². The zero-order valence-corrected chi connectivity index (χ0v) is 15.9. The maximum atomic E-state index is 11.9. The van der Waals surface area contributed by atoms with Crippen molar-refractivity contribution in [1.82, 2.24) is 5.43 Å². The van der Waals surface area contributed by atoms with Gasteiger partial charge in [0.25, 0.3) is 0 Å². The maximum Gasteiger partial charge on any atom is 0.240 e. The molecular formula is C21H25N3O3. The normalized spacial score (nSPS) is 10.8. The molecule has 27 heavy (non-hydrogen) atoms. The number of nitrogens with one attached hydrogen (secondary N) is 2. The summed E-state index contributed by atoms with van der Waals surface area (Å²) in [5.74, 6) is 0.157.